The van der Waals surface area contributed by atoms with Gasteiger partial charge in [0, 0.05) is 40.7 Å². The summed E-state index contributed by atoms with van der Waals surface area (Å²) in [5.41, 5.74) is 5.72. The fourth-order valence-corrected chi connectivity index (χ4v) is 4.74. The minimum atomic E-state index is -1.25. The number of aliphatic carboxylic acids is 1. The third-order valence-electron chi connectivity index (χ3n) is 6.28. The first-order valence-electron chi connectivity index (χ1n) is 12.5. The molecule has 1 atom stereocenters. The van der Waals surface area contributed by atoms with Gasteiger partial charge in [0.25, 0.3) is 0 Å². The van der Waals surface area contributed by atoms with E-state index < -0.39 is 17.7 Å². The van der Waals surface area contributed by atoms with E-state index in [1.54, 1.807) is 22.5 Å². The number of aromatic nitrogens is 6. The summed E-state index contributed by atoms with van der Waals surface area (Å²) >= 11 is 6.06. The third kappa shape index (κ3) is 5.55. The predicted octanol–water partition coefficient (Wildman–Crippen LogP) is 5.84. The Morgan fingerprint density at radius 1 is 1.05 bits per heavy atom. The van der Waals surface area contributed by atoms with Crippen LogP contribution in [-0.2, 0) is 23.1 Å². The van der Waals surface area contributed by atoms with Gasteiger partial charge in [-0.1, -0.05) is 53.2 Å². The van der Waals surface area contributed by atoms with E-state index in [0.29, 0.717) is 39.6 Å². The number of fused-ring (bicyclic) bond motifs is 1. The molecule has 5 rings (SSSR count). The standard InChI is InChI=1S/C29H29ClN6O3/c1-17-23(26(28(37)38)39-29(2,3)4)24(21-8-6-19(7-9-21)20-10-12-22(30)13-11-20)25-27(32-17)36(34-33-25)16-18-14-31-35(5)15-18/h6-15,26H,16H2,1-5H3,(H,37,38)/t26-/m0/s1. The van der Waals surface area contributed by atoms with Gasteiger partial charge in [-0.15, -0.1) is 5.10 Å². The maximum absolute atomic E-state index is 12.6. The van der Waals surface area contributed by atoms with E-state index in [4.69, 9.17) is 21.3 Å². The zero-order valence-electron chi connectivity index (χ0n) is 22.4. The van der Waals surface area contributed by atoms with E-state index in [9.17, 15) is 9.90 Å². The molecule has 0 fully saturated rings. The molecule has 0 saturated heterocycles. The lowest BCUT2D eigenvalue weighted by Gasteiger charge is -2.27. The summed E-state index contributed by atoms with van der Waals surface area (Å²) in [5.74, 6) is -1.10. The van der Waals surface area contributed by atoms with E-state index in [1.165, 1.54) is 0 Å². The fraction of sp³-hybridized carbons (Fsp3) is 0.276. The number of rotatable bonds is 7. The van der Waals surface area contributed by atoms with Crippen molar-refractivity contribution in [3.8, 4) is 22.3 Å². The van der Waals surface area contributed by atoms with Crippen LogP contribution in [0, 0.1) is 6.92 Å². The van der Waals surface area contributed by atoms with Gasteiger partial charge in [0.05, 0.1) is 18.3 Å². The van der Waals surface area contributed by atoms with Crippen LogP contribution in [0.5, 0.6) is 0 Å². The van der Waals surface area contributed by atoms with Gasteiger partial charge in [-0.2, -0.15) is 5.10 Å². The highest BCUT2D eigenvalue weighted by Gasteiger charge is 2.33. The van der Waals surface area contributed by atoms with Gasteiger partial charge in [-0.25, -0.2) is 14.5 Å². The normalized spacial score (nSPS) is 12.7. The number of pyridine rings is 1. The number of carboxylic acid groups (broad SMARTS) is 1. The molecule has 0 aliphatic carbocycles. The molecule has 0 amide bonds. The van der Waals surface area contributed by atoms with Gasteiger partial charge in [0.1, 0.15) is 5.52 Å². The molecule has 9 nitrogen and oxygen atoms in total. The number of aryl methyl sites for hydroxylation is 2. The van der Waals surface area contributed by atoms with Crippen molar-refractivity contribution in [1.82, 2.24) is 29.8 Å². The van der Waals surface area contributed by atoms with E-state index in [1.807, 2.05) is 82.5 Å². The second-order valence-corrected chi connectivity index (χ2v) is 10.9. The van der Waals surface area contributed by atoms with Gasteiger partial charge < -0.3 is 9.84 Å². The minimum Gasteiger partial charge on any atom is -0.479 e. The van der Waals surface area contributed by atoms with E-state index in [0.717, 1.165) is 22.3 Å². The van der Waals surface area contributed by atoms with Gasteiger partial charge in [0.15, 0.2) is 11.8 Å². The van der Waals surface area contributed by atoms with Crippen LogP contribution < -0.4 is 0 Å². The Bertz CT molecular complexity index is 1650. The highest BCUT2D eigenvalue weighted by Crippen LogP contribution is 2.39. The largest absolute Gasteiger partial charge is 0.479 e. The number of hydrogen-bond donors (Lipinski definition) is 1. The Balaban J connectivity index is 1.69. The number of nitrogens with zero attached hydrogens (tertiary/aromatic N) is 6. The molecule has 39 heavy (non-hydrogen) atoms. The smallest absolute Gasteiger partial charge is 0.337 e. The Labute approximate surface area is 231 Å². The van der Waals surface area contributed by atoms with Crippen molar-refractivity contribution in [3.05, 3.63) is 82.8 Å². The molecule has 0 unspecified atom stereocenters. The van der Waals surface area contributed by atoms with Gasteiger partial charge in [-0.05, 0) is 56.5 Å². The summed E-state index contributed by atoms with van der Waals surface area (Å²) in [6.45, 7) is 7.70. The molecule has 5 aromatic rings. The molecular weight excluding hydrogens is 516 g/mol. The lowest BCUT2D eigenvalue weighted by Crippen LogP contribution is -2.28. The Kier molecular flexibility index (Phi) is 6.96. The Hall–Kier alpha value is -4.08. The van der Waals surface area contributed by atoms with Crippen molar-refractivity contribution in [1.29, 1.82) is 0 Å². The highest BCUT2D eigenvalue weighted by molar-refractivity contribution is 6.30. The summed E-state index contributed by atoms with van der Waals surface area (Å²) in [5, 5.41) is 24.0. The molecule has 0 bridgehead atoms. The molecule has 0 saturated carbocycles. The Morgan fingerprint density at radius 3 is 2.23 bits per heavy atom. The van der Waals surface area contributed by atoms with Crippen LogP contribution >= 0.6 is 11.6 Å². The molecule has 200 valence electrons. The van der Waals surface area contributed by atoms with E-state index >= 15 is 0 Å². The van der Waals surface area contributed by atoms with Crippen LogP contribution in [0.1, 0.15) is 43.7 Å². The third-order valence-corrected chi connectivity index (χ3v) is 6.53. The van der Waals surface area contributed by atoms with Crippen LogP contribution in [-0.4, -0.2) is 46.4 Å². The second-order valence-electron chi connectivity index (χ2n) is 10.5. The minimum absolute atomic E-state index is 0.423. The molecule has 0 aliphatic heterocycles. The van der Waals surface area contributed by atoms with Crippen molar-refractivity contribution in [2.24, 2.45) is 7.05 Å². The first-order chi connectivity index (χ1) is 18.5. The predicted molar refractivity (Wildman–Crippen MR) is 149 cm³/mol. The number of ether oxygens (including phenoxy) is 1. The topological polar surface area (TPSA) is 108 Å². The molecule has 0 aliphatic rings. The summed E-state index contributed by atoms with van der Waals surface area (Å²) in [7, 11) is 1.85. The molecule has 2 aromatic carbocycles. The van der Waals surface area contributed by atoms with Crippen molar-refractivity contribution < 1.29 is 14.6 Å². The van der Waals surface area contributed by atoms with Crippen LogP contribution in [0.3, 0.4) is 0 Å². The van der Waals surface area contributed by atoms with E-state index in [2.05, 4.69) is 15.4 Å². The summed E-state index contributed by atoms with van der Waals surface area (Å²) in [6.07, 6.45) is 2.42. The average Bonchev–Trinajstić information content (AvgIpc) is 3.47. The average molecular weight is 545 g/mol. The molecule has 3 heterocycles. The first kappa shape index (κ1) is 26.5. The SMILES string of the molecule is Cc1nc2c(nnn2Cc2cnn(C)c2)c(-c2ccc(-c3ccc(Cl)cc3)cc2)c1[C@H](OC(C)(C)C)C(=O)O. The molecule has 0 radical (unpaired) electrons. The lowest BCUT2D eigenvalue weighted by atomic mass is 9.92. The monoisotopic (exact) mass is 544 g/mol. The van der Waals surface area contributed by atoms with Gasteiger partial charge in [0.2, 0.25) is 0 Å². The summed E-state index contributed by atoms with van der Waals surface area (Å²) < 4.78 is 9.49. The number of benzene rings is 2. The number of carboxylic acids is 1. The van der Waals surface area contributed by atoms with Crippen LogP contribution in [0.2, 0.25) is 5.02 Å². The van der Waals surface area contributed by atoms with Gasteiger partial charge in [-0.3, -0.25) is 4.68 Å². The number of hydrogen-bond acceptors (Lipinski definition) is 6. The maximum Gasteiger partial charge on any atom is 0.337 e. The van der Waals surface area contributed by atoms with Crippen molar-refractivity contribution in [2.45, 2.75) is 45.9 Å². The zero-order valence-corrected chi connectivity index (χ0v) is 23.1. The number of carbonyl (C=O) groups is 1. The molecule has 1 N–H and O–H groups in total. The first-order valence-corrected chi connectivity index (χ1v) is 12.9. The van der Waals surface area contributed by atoms with Crippen LogP contribution in [0.25, 0.3) is 33.4 Å². The van der Waals surface area contributed by atoms with Crippen molar-refractivity contribution in [2.75, 3.05) is 0 Å². The number of halogens is 1. The Morgan fingerprint density at radius 2 is 1.67 bits per heavy atom. The van der Waals surface area contributed by atoms with Crippen molar-refractivity contribution >= 4 is 28.7 Å². The summed E-state index contributed by atoms with van der Waals surface area (Å²) in [6, 6.07) is 15.5. The zero-order chi connectivity index (χ0) is 27.9. The quantitative estimate of drug-likeness (QED) is 0.274. The molecule has 3 aromatic heterocycles. The lowest BCUT2D eigenvalue weighted by molar-refractivity contribution is -0.160. The van der Waals surface area contributed by atoms with Crippen LogP contribution in [0.4, 0.5) is 0 Å². The summed E-state index contributed by atoms with van der Waals surface area (Å²) in [4.78, 5) is 17.3. The highest BCUT2D eigenvalue weighted by atomic mass is 35.5. The second kappa shape index (κ2) is 10.2. The molecule has 0 spiro atoms. The fourth-order valence-electron chi connectivity index (χ4n) is 4.61. The maximum atomic E-state index is 12.6. The molecular formula is C29H29ClN6O3. The van der Waals surface area contributed by atoms with Gasteiger partial charge >= 0.3 is 5.97 Å². The molecule has 10 heteroatoms. The van der Waals surface area contributed by atoms with E-state index in [-0.39, 0.29) is 0 Å². The van der Waals surface area contributed by atoms with Crippen molar-refractivity contribution in [3.63, 3.8) is 0 Å². The van der Waals surface area contributed by atoms with Crippen LogP contribution in [0.15, 0.2) is 60.9 Å².